The molecule has 3 heteroatoms. The summed E-state index contributed by atoms with van der Waals surface area (Å²) in [5, 5.41) is 9.41. The van der Waals surface area contributed by atoms with Gasteiger partial charge in [0.05, 0.1) is 19.1 Å². The summed E-state index contributed by atoms with van der Waals surface area (Å²) in [6.45, 7) is 7.09. The third-order valence-corrected chi connectivity index (χ3v) is 4.32. The maximum absolute atomic E-state index is 12.3. The molecule has 104 valence electrons. The van der Waals surface area contributed by atoms with Crippen LogP contribution in [0.15, 0.2) is 18.2 Å². The van der Waals surface area contributed by atoms with Gasteiger partial charge in [0.1, 0.15) is 0 Å². The Morgan fingerprint density at radius 3 is 2.74 bits per heavy atom. The molecule has 1 aromatic rings. The molecule has 19 heavy (non-hydrogen) atoms. The van der Waals surface area contributed by atoms with Crippen LogP contribution in [-0.2, 0) is 11.2 Å². The van der Waals surface area contributed by atoms with Crippen molar-refractivity contribution in [3.05, 3.63) is 34.9 Å². The maximum Gasteiger partial charge on any atom is 0.227 e. The van der Waals surface area contributed by atoms with Gasteiger partial charge in [0.2, 0.25) is 5.91 Å². The molecule has 3 nitrogen and oxygen atoms in total. The fourth-order valence-electron chi connectivity index (χ4n) is 2.79. The first-order valence-electron chi connectivity index (χ1n) is 6.99. The lowest BCUT2D eigenvalue weighted by molar-refractivity contribution is -0.132. The van der Waals surface area contributed by atoms with E-state index in [1.54, 1.807) is 0 Å². The average Bonchev–Trinajstić information content (AvgIpc) is 2.75. The molecule has 1 aliphatic rings. The number of benzene rings is 1. The highest BCUT2D eigenvalue weighted by atomic mass is 16.3. The summed E-state index contributed by atoms with van der Waals surface area (Å²) in [4.78, 5) is 14.2. The first kappa shape index (κ1) is 14.1. The van der Waals surface area contributed by atoms with E-state index in [4.69, 9.17) is 0 Å². The van der Waals surface area contributed by atoms with E-state index in [9.17, 15) is 9.90 Å². The Morgan fingerprint density at radius 1 is 1.37 bits per heavy atom. The average molecular weight is 261 g/mol. The van der Waals surface area contributed by atoms with E-state index >= 15 is 0 Å². The van der Waals surface area contributed by atoms with E-state index in [2.05, 4.69) is 32.9 Å². The number of nitrogens with zero attached hydrogens (tertiary/aromatic N) is 1. The number of hydrogen-bond donors (Lipinski definition) is 1. The minimum atomic E-state index is -0.000884. The van der Waals surface area contributed by atoms with Crippen LogP contribution in [-0.4, -0.2) is 35.1 Å². The van der Waals surface area contributed by atoms with Crippen molar-refractivity contribution in [2.45, 2.75) is 39.7 Å². The Labute approximate surface area is 115 Å². The molecule has 0 aromatic heterocycles. The number of amides is 1. The molecule has 0 saturated carbocycles. The van der Waals surface area contributed by atoms with Gasteiger partial charge in [-0.1, -0.05) is 25.1 Å². The van der Waals surface area contributed by atoms with Gasteiger partial charge in [-0.2, -0.15) is 0 Å². The van der Waals surface area contributed by atoms with Crippen molar-refractivity contribution in [2.75, 3.05) is 13.2 Å². The zero-order valence-corrected chi connectivity index (χ0v) is 12.0. The third kappa shape index (κ3) is 2.98. The standard InChI is InChI=1S/C16H23NO2/c1-11-4-5-14(8-13(11)3)9-16(19)17-7-6-12(2)15(17)10-18/h4-5,8,12,15,18H,6-7,9-10H2,1-3H3. The Balaban J connectivity index is 2.06. The summed E-state index contributed by atoms with van der Waals surface area (Å²) in [6.07, 6.45) is 1.42. The largest absolute Gasteiger partial charge is 0.394 e. The zero-order chi connectivity index (χ0) is 14.0. The number of aliphatic hydroxyl groups is 1. The highest BCUT2D eigenvalue weighted by molar-refractivity contribution is 5.79. The second kappa shape index (κ2) is 5.74. The summed E-state index contributed by atoms with van der Waals surface area (Å²) in [7, 11) is 0. The second-order valence-electron chi connectivity index (χ2n) is 5.70. The van der Waals surface area contributed by atoms with E-state index in [0.717, 1.165) is 18.5 Å². The summed E-state index contributed by atoms with van der Waals surface area (Å²) in [5.41, 5.74) is 3.53. The van der Waals surface area contributed by atoms with Crippen LogP contribution in [0.4, 0.5) is 0 Å². The van der Waals surface area contributed by atoms with Crippen molar-refractivity contribution in [3.8, 4) is 0 Å². The SMILES string of the molecule is Cc1ccc(CC(=O)N2CCC(C)C2CO)cc1C. The van der Waals surface area contributed by atoms with E-state index in [0.29, 0.717) is 12.3 Å². The monoisotopic (exact) mass is 261 g/mol. The van der Waals surface area contributed by atoms with Crippen molar-refractivity contribution in [1.29, 1.82) is 0 Å². The Kier molecular flexibility index (Phi) is 4.25. The molecule has 1 amide bonds. The van der Waals surface area contributed by atoms with E-state index in [1.807, 2.05) is 11.0 Å². The summed E-state index contributed by atoms with van der Waals surface area (Å²) in [6, 6.07) is 6.17. The van der Waals surface area contributed by atoms with Crippen LogP contribution < -0.4 is 0 Å². The Morgan fingerprint density at radius 2 is 2.11 bits per heavy atom. The summed E-state index contributed by atoms with van der Waals surface area (Å²) in [5.74, 6) is 0.528. The second-order valence-corrected chi connectivity index (χ2v) is 5.70. The molecule has 1 fully saturated rings. The Hall–Kier alpha value is -1.35. The fourth-order valence-corrected chi connectivity index (χ4v) is 2.79. The van der Waals surface area contributed by atoms with Gasteiger partial charge in [-0.25, -0.2) is 0 Å². The third-order valence-electron chi connectivity index (χ3n) is 4.32. The number of carbonyl (C=O) groups is 1. The van der Waals surface area contributed by atoms with Crippen LogP contribution in [0, 0.1) is 19.8 Å². The van der Waals surface area contributed by atoms with Gasteiger partial charge in [0.25, 0.3) is 0 Å². The molecule has 1 aromatic carbocycles. The lowest BCUT2D eigenvalue weighted by Crippen LogP contribution is -2.40. The van der Waals surface area contributed by atoms with Crippen LogP contribution in [0.1, 0.15) is 30.0 Å². The minimum absolute atomic E-state index is 0.000884. The van der Waals surface area contributed by atoms with Gasteiger partial charge in [0.15, 0.2) is 0 Å². The number of aliphatic hydroxyl groups excluding tert-OH is 1. The van der Waals surface area contributed by atoms with Crippen LogP contribution >= 0.6 is 0 Å². The van der Waals surface area contributed by atoms with Crippen LogP contribution in [0.25, 0.3) is 0 Å². The lowest BCUT2D eigenvalue weighted by Gasteiger charge is -2.25. The van der Waals surface area contributed by atoms with Gasteiger partial charge < -0.3 is 10.0 Å². The van der Waals surface area contributed by atoms with Crippen LogP contribution in [0.2, 0.25) is 0 Å². The summed E-state index contributed by atoms with van der Waals surface area (Å²) < 4.78 is 0. The molecule has 1 N–H and O–H groups in total. The lowest BCUT2D eigenvalue weighted by atomic mass is 10.0. The van der Waals surface area contributed by atoms with Crippen LogP contribution in [0.3, 0.4) is 0 Å². The molecule has 0 radical (unpaired) electrons. The summed E-state index contributed by atoms with van der Waals surface area (Å²) >= 11 is 0. The molecule has 0 aliphatic carbocycles. The van der Waals surface area contributed by atoms with Crippen molar-refractivity contribution in [2.24, 2.45) is 5.92 Å². The number of rotatable bonds is 3. The quantitative estimate of drug-likeness (QED) is 0.905. The van der Waals surface area contributed by atoms with Gasteiger partial charge in [0, 0.05) is 6.54 Å². The predicted octanol–water partition coefficient (Wildman–Crippen LogP) is 2.08. The van der Waals surface area contributed by atoms with Crippen molar-refractivity contribution >= 4 is 5.91 Å². The molecule has 1 heterocycles. The highest BCUT2D eigenvalue weighted by Crippen LogP contribution is 2.24. The van der Waals surface area contributed by atoms with E-state index in [1.165, 1.54) is 11.1 Å². The molecule has 1 aliphatic heterocycles. The van der Waals surface area contributed by atoms with Crippen molar-refractivity contribution < 1.29 is 9.90 Å². The zero-order valence-electron chi connectivity index (χ0n) is 12.0. The molecule has 1 saturated heterocycles. The van der Waals surface area contributed by atoms with Crippen molar-refractivity contribution in [1.82, 2.24) is 4.90 Å². The molecule has 0 bridgehead atoms. The van der Waals surface area contributed by atoms with Gasteiger partial charge in [-0.15, -0.1) is 0 Å². The fraction of sp³-hybridized carbons (Fsp3) is 0.562. The van der Waals surface area contributed by atoms with E-state index in [-0.39, 0.29) is 18.6 Å². The first-order chi connectivity index (χ1) is 9.02. The molecular formula is C16H23NO2. The topological polar surface area (TPSA) is 40.5 Å². The number of aryl methyl sites for hydroxylation is 2. The predicted molar refractivity (Wildman–Crippen MR) is 76.0 cm³/mol. The molecule has 2 rings (SSSR count). The molecule has 2 atom stereocenters. The highest BCUT2D eigenvalue weighted by Gasteiger charge is 2.33. The molecule has 2 unspecified atom stereocenters. The first-order valence-corrected chi connectivity index (χ1v) is 6.99. The van der Waals surface area contributed by atoms with Crippen LogP contribution in [0.5, 0.6) is 0 Å². The van der Waals surface area contributed by atoms with Crippen molar-refractivity contribution in [3.63, 3.8) is 0 Å². The minimum Gasteiger partial charge on any atom is -0.394 e. The molecular weight excluding hydrogens is 238 g/mol. The molecule has 0 spiro atoms. The number of likely N-dealkylation sites (tertiary alicyclic amines) is 1. The van der Waals surface area contributed by atoms with E-state index < -0.39 is 0 Å². The van der Waals surface area contributed by atoms with Gasteiger partial charge in [-0.3, -0.25) is 4.79 Å². The number of hydrogen-bond acceptors (Lipinski definition) is 2. The van der Waals surface area contributed by atoms with Gasteiger partial charge in [-0.05, 0) is 42.9 Å². The smallest absolute Gasteiger partial charge is 0.227 e. The Bertz CT molecular complexity index is 470. The number of carbonyl (C=O) groups excluding carboxylic acids is 1. The van der Waals surface area contributed by atoms with Gasteiger partial charge >= 0.3 is 0 Å². The normalized spacial score (nSPS) is 22.8. The maximum atomic E-state index is 12.3.